The number of hydrogen-bond donors (Lipinski definition) is 4. The predicted octanol–water partition coefficient (Wildman–Crippen LogP) is -1.09. The standard InChI is InChI=1S/C14H25N3O5/c1-3-8(2)11(15)13(20)17-6-4-5-10(17)12(19)16-9(7-18)14(21)22/h8-11,18H,3-7,15H2,1-2H3,(H,16,19)(H,21,22). The van der Waals surface area contributed by atoms with Gasteiger partial charge in [0.25, 0.3) is 0 Å². The quantitative estimate of drug-likeness (QED) is 0.472. The third kappa shape index (κ3) is 4.17. The van der Waals surface area contributed by atoms with Gasteiger partial charge in [0.05, 0.1) is 12.6 Å². The lowest BCUT2D eigenvalue weighted by atomic mass is 9.98. The van der Waals surface area contributed by atoms with Crippen molar-refractivity contribution in [2.24, 2.45) is 11.7 Å². The number of carboxylic acid groups (broad SMARTS) is 1. The van der Waals surface area contributed by atoms with Gasteiger partial charge in [-0.1, -0.05) is 20.3 Å². The van der Waals surface area contributed by atoms with Crippen molar-refractivity contribution in [2.45, 2.75) is 51.2 Å². The van der Waals surface area contributed by atoms with E-state index in [9.17, 15) is 14.4 Å². The lowest BCUT2D eigenvalue weighted by molar-refractivity contribution is -0.145. The molecule has 0 saturated carbocycles. The first-order valence-electron chi connectivity index (χ1n) is 7.53. The van der Waals surface area contributed by atoms with Gasteiger partial charge in [-0.3, -0.25) is 9.59 Å². The fourth-order valence-electron chi connectivity index (χ4n) is 2.45. The SMILES string of the molecule is CCC(C)C(N)C(=O)N1CCCC1C(=O)NC(CO)C(=O)O. The molecule has 1 rings (SSSR count). The molecule has 0 radical (unpaired) electrons. The van der Waals surface area contributed by atoms with E-state index in [2.05, 4.69) is 5.32 Å². The molecule has 0 aromatic rings. The molecule has 0 spiro atoms. The van der Waals surface area contributed by atoms with Crippen LogP contribution in [-0.4, -0.2) is 64.2 Å². The number of amides is 2. The zero-order chi connectivity index (χ0) is 16.9. The summed E-state index contributed by atoms with van der Waals surface area (Å²) in [7, 11) is 0. The Balaban J connectivity index is 2.75. The summed E-state index contributed by atoms with van der Waals surface area (Å²) < 4.78 is 0. The van der Waals surface area contributed by atoms with Crippen molar-refractivity contribution < 1.29 is 24.6 Å². The van der Waals surface area contributed by atoms with Gasteiger partial charge in [-0.25, -0.2) is 4.79 Å². The Morgan fingerprint density at radius 2 is 2.05 bits per heavy atom. The van der Waals surface area contributed by atoms with E-state index in [0.29, 0.717) is 19.4 Å². The Kier molecular flexibility index (Phi) is 6.76. The van der Waals surface area contributed by atoms with Crippen molar-refractivity contribution in [3.05, 3.63) is 0 Å². The summed E-state index contributed by atoms with van der Waals surface area (Å²) in [5.41, 5.74) is 5.93. The lowest BCUT2D eigenvalue weighted by Gasteiger charge is -2.29. The van der Waals surface area contributed by atoms with E-state index in [1.54, 1.807) is 0 Å². The van der Waals surface area contributed by atoms with Crippen LogP contribution in [0.4, 0.5) is 0 Å². The molecule has 22 heavy (non-hydrogen) atoms. The Hall–Kier alpha value is -1.67. The van der Waals surface area contributed by atoms with Gasteiger partial charge in [-0.05, 0) is 18.8 Å². The molecule has 1 aliphatic rings. The van der Waals surface area contributed by atoms with Crippen molar-refractivity contribution in [2.75, 3.05) is 13.2 Å². The van der Waals surface area contributed by atoms with Crippen LogP contribution in [0.2, 0.25) is 0 Å². The molecule has 1 aliphatic heterocycles. The van der Waals surface area contributed by atoms with Crippen molar-refractivity contribution in [3.63, 3.8) is 0 Å². The van der Waals surface area contributed by atoms with E-state index in [1.807, 2.05) is 13.8 Å². The highest BCUT2D eigenvalue weighted by Crippen LogP contribution is 2.20. The smallest absolute Gasteiger partial charge is 0.328 e. The monoisotopic (exact) mass is 315 g/mol. The second kappa shape index (κ2) is 8.09. The van der Waals surface area contributed by atoms with Crippen LogP contribution in [0, 0.1) is 5.92 Å². The van der Waals surface area contributed by atoms with Crippen LogP contribution >= 0.6 is 0 Å². The van der Waals surface area contributed by atoms with E-state index < -0.39 is 36.6 Å². The van der Waals surface area contributed by atoms with Gasteiger partial charge < -0.3 is 26.2 Å². The minimum Gasteiger partial charge on any atom is -0.480 e. The first kappa shape index (κ1) is 18.4. The maximum absolute atomic E-state index is 12.4. The van der Waals surface area contributed by atoms with Gasteiger partial charge in [0.1, 0.15) is 12.1 Å². The molecule has 0 aromatic heterocycles. The number of nitrogens with one attached hydrogen (secondary N) is 1. The first-order valence-corrected chi connectivity index (χ1v) is 7.53. The average molecular weight is 315 g/mol. The zero-order valence-electron chi connectivity index (χ0n) is 13.0. The molecule has 8 heteroatoms. The Morgan fingerprint density at radius 3 is 2.55 bits per heavy atom. The van der Waals surface area contributed by atoms with Gasteiger partial charge in [-0.15, -0.1) is 0 Å². The topological polar surface area (TPSA) is 133 Å². The molecule has 8 nitrogen and oxygen atoms in total. The Morgan fingerprint density at radius 1 is 1.41 bits per heavy atom. The number of aliphatic hydroxyl groups is 1. The van der Waals surface area contributed by atoms with Crippen LogP contribution in [0.15, 0.2) is 0 Å². The second-order valence-corrected chi connectivity index (χ2v) is 5.68. The normalized spacial score (nSPS) is 22.0. The number of likely N-dealkylation sites (tertiary alicyclic amines) is 1. The molecular formula is C14H25N3O5. The van der Waals surface area contributed by atoms with E-state index >= 15 is 0 Å². The third-order valence-electron chi connectivity index (χ3n) is 4.18. The number of aliphatic hydroxyl groups excluding tert-OH is 1. The molecule has 1 saturated heterocycles. The summed E-state index contributed by atoms with van der Waals surface area (Å²) in [5, 5.41) is 20.1. The number of carboxylic acids is 1. The molecule has 1 fully saturated rings. The van der Waals surface area contributed by atoms with Crippen molar-refractivity contribution in [1.29, 1.82) is 0 Å². The highest BCUT2D eigenvalue weighted by atomic mass is 16.4. The Bertz CT molecular complexity index is 429. The molecule has 2 amide bonds. The van der Waals surface area contributed by atoms with Gasteiger partial charge in [0.2, 0.25) is 11.8 Å². The van der Waals surface area contributed by atoms with Gasteiger partial charge in [0.15, 0.2) is 0 Å². The Labute approximate surface area is 129 Å². The fourth-order valence-corrected chi connectivity index (χ4v) is 2.45. The summed E-state index contributed by atoms with van der Waals surface area (Å²) in [6.45, 7) is 3.54. The largest absolute Gasteiger partial charge is 0.480 e. The number of carbonyl (C=O) groups is 3. The van der Waals surface area contributed by atoms with Crippen LogP contribution in [0.25, 0.3) is 0 Å². The number of carbonyl (C=O) groups excluding carboxylic acids is 2. The van der Waals surface area contributed by atoms with Crippen molar-refractivity contribution >= 4 is 17.8 Å². The summed E-state index contributed by atoms with van der Waals surface area (Å²) >= 11 is 0. The van der Waals surface area contributed by atoms with E-state index in [0.717, 1.165) is 6.42 Å². The zero-order valence-corrected chi connectivity index (χ0v) is 13.0. The molecule has 4 atom stereocenters. The number of nitrogens with two attached hydrogens (primary N) is 1. The van der Waals surface area contributed by atoms with Crippen LogP contribution < -0.4 is 11.1 Å². The average Bonchev–Trinajstić information content (AvgIpc) is 2.99. The lowest BCUT2D eigenvalue weighted by Crippen LogP contribution is -2.55. The van der Waals surface area contributed by atoms with Crippen molar-refractivity contribution in [1.82, 2.24) is 10.2 Å². The molecule has 126 valence electrons. The second-order valence-electron chi connectivity index (χ2n) is 5.68. The summed E-state index contributed by atoms with van der Waals surface area (Å²) in [6.07, 6.45) is 1.87. The maximum atomic E-state index is 12.4. The van der Waals surface area contributed by atoms with Gasteiger partial charge >= 0.3 is 5.97 Å². The summed E-state index contributed by atoms with van der Waals surface area (Å²) in [6, 6.07) is -2.77. The van der Waals surface area contributed by atoms with Crippen molar-refractivity contribution in [3.8, 4) is 0 Å². The predicted molar refractivity (Wildman–Crippen MR) is 78.8 cm³/mol. The van der Waals surface area contributed by atoms with E-state index in [-0.39, 0.29) is 11.8 Å². The van der Waals surface area contributed by atoms with Gasteiger partial charge in [0, 0.05) is 6.54 Å². The molecule has 5 N–H and O–H groups in total. The highest BCUT2D eigenvalue weighted by molar-refractivity contribution is 5.92. The molecule has 0 aromatic carbocycles. The minimum atomic E-state index is -1.37. The number of aliphatic carboxylic acids is 1. The molecule has 0 bridgehead atoms. The number of hydrogen-bond acceptors (Lipinski definition) is 5. The van der Waals surface area contributed by atoms with Gasteiger partial charge in [-0.2, -0.15) is 0 Å². The minimum absolute atomic E-state index is 0.000945. The third-order valence-corrected chi connectivity index (χ3v) is 4.18. The maximum Gasteiger partial charge on any atom is 0.328 e. The van der Waals surface area contributed by atoms with Crippen LogP contribution in [-0.2, 0) is 14.4 Å². The first-order chi connectivity index (χ1) is 10.3. The number of nitrogens with zero attached hydrogens (tertiary/aromatic N) is 1. The molecule has 1 heterocycles. The summed E-state index contributed by atoms with van der Waals surface area (Å²) in [4.78, 5) is 36.9. The molecular weight excluding hydrogens is 290 g/mol. The fraction of sp³-hybridized carbons (Fsp3) is 0.786. The molecule has 4 unspecified atom stereocenters. The van der Waals surface area contributed by atoms with E-state index in [4.69, 9.17) is 15.9 Å². The van der Waals surface area contributed by atoms with E-state index in [1.165, 1.54) is 4.90 Å². The van der Waals surface area contributed by atoms with Crippen LogP contribution in [0.5, 0.6) is 0 Å². The van der Waals surface area contributed by atoms with Crippen LogP contribution in [0.1, 0.15) is 33.1 Å². The number of rotatable bonds is 7. The highest BCUT2D eigenvalue weighted by Gasteiger charge is 2.38. The van der Waals surface area contributed by atoms with Crippen LogP contribution in [0.3, 0.4) is 0 Å². The molecule has 0 aliphatic carbocycles. The summed E-state index contributed by atoms with van der Waals surface area (Å²) in [5.74, 6) is -2.17.